The molecule has 4 nitrogen and oxygen atoms in total. The van der Waals surface area contributed by atoms with E-state index in [-0.39, 0.29) is 11.0 Å². The normalized spacial score (nSPS) is 12.3. The maximum Gasteiger partial charge on any atom is 0.154 e. The van der Waals surface area contributed by atoms with Gasteiger partial charge in [0.1, 0.15) is 0 Å². The molecule has 14 heavy (non-hydrogen) atoms. The van der Waals surface area contributed by atoms with Crippen molar-refractivity contribution in [3.05, 3.63) is 18.0 Å². The lowest BCUT2D eigenvalue weighted by Gasteiger charge is -2.07. The molecule has 1 aromatic heterocycles. The summed E-state index contributed by atoms with van der Waals surface area (Å²) in [6, 6.07) is 1.86. The summed E-state index contributed by atoms with van der Waals surface area (Å²) in [6.45, 7) is 5.72. The highest BCUT2D eigenvalue weighted by Gasteiger charge is 2.15. The Morgan fingerprint density at radius 1 is 1.50 bits per heavy atom. The smallest absolute Gasteiger partial charge is 0.154 e. The average Bonchev–Trinajstić information content (AvgIpc) is 2.48. The number of nitrogens with zero attached hydrogens (tertiary/aromatic N) is 2. The molecule has 0 saturated carbocycles. The lowest BCUT2D eigenvalue weighted by Crippen LogP contribution is -2.21. The number of rotatable bonds is 4. The van der Waals surface area contributed by atoms with Crippen LogP contribution in [0.2, 0.25) is 0 Å². The molecule has 1 aromatic rings. The summed E-state index contributed by atoms with van der Waals surface area (Å²) in [5, 5.41) is 3.82. The first-order chi connectivity index (χ1) is 6.42. The predicted octanol–water partition coefficient (Wildman–Crippen LogP) is 1.01. The van der Waals surface area contributed by atoms with Gasteiger partial charge in [-0.2, -0.15) is 5.10 Å². The summed E-state index contributed by atoms with van der Waals surface area (Å²) in [5.41, 5.74) is 0.909. The Kier molecular flexibility index (Phi) is 3.31. The molecule has 0 saturated heterocycles. The average molecular weight is 216 g/mol. The van der Waals surface area contributed by atoms with Crippen LogP contribution in [0.1, 0.15) is 19.5 Å². The van der Waals surface area contributed by atoms with E-state index in [0.29, 0.717) is 6.54 Å². The van der Waals surface area contributed by atoms with Crippen LogP contribution in [0.5, 0.6) is 0 Å². The molecule has 0 spiro atoms. The van der Waals surface area contributed by atoms with Gasteiger partial charge in [-0.15, -0.1) is 0 Å². The largest absolute Gasteiger partial charge is 0.271 e. The zero-order valence-corrected chi connectivity index (χ0v) is 9.58. The standard InChI is InChI=1S/C9H16N2O2S/c1-8(2)14(12,13)7-6-11-5-4-9(3)10-11/h4-5,8H,6-7H2,1-3H3. The van der Waals surface area contributed by atoms with Crippen molar-refractivity contribution in [1.29, 1.82) is 0 Å². The van der Waals surface area contributed by atoms with Gasteiger partial charge in [0.2, 0.25) is 0 Å². The zero-order chi connectivity index (χ0) is 10.8. The van der Waals surface area contributed by atoms with Crippen LogP contribution in [0, 0.1) is 6.92 Å². The van der Waals surface area contributed by atoms with Gasteiger partial charge in [0.05, 0.1) is 23.2 Å². The van der Waals surface area contributed by atoms with E-state index in [0.717, 1.165) is 5.69 Å². The van der Waals surface area contributed by atoms with Crippen LogP contribution in [0.25, 0.3) is 0 Å². The van der Waals surface area contributed by atoms with E-state index in [1.807, 2.05) is 13.0 Å². The predicted molar refractivity (Wildman–Crippen MR) is 55.9 cm³/mol. The molecule has 0 amide bonds. The fourth-order valence-corrected chi connectivity index (χ4v) is 1.96. The lowest BCUT2D eigenvalue weighted by atomic mass is 10.5. The molecule has 0 unspecified atom stereocenters. The highest BCUT2D eigenvalue weighted by molar-refractivity contribution is 7.91. The SMILES string of the molecule is Cc1ccn(CCS(=O)(=O)C(C)C)n1. The third-order valence-corrected chi connectivity index (χ3v) is 4.29. The summed E-state index contributed by atoms with van der Waals surface area (Å²) in [5.74, 6) is 0.159. The summed E-state index contributed by atoms with van der Waals surface area (Å²) in [7, 11) is -2.95. The maximum absolute atomic E-state index is 11.5. The maximum atomic E-state index is 11.5. The van der Waals surface area contributed by atoms with E-state index in [1.165, 1.54) is 0 Å². The van der Waals surface area contributed by atoms with E-state index in [1.54, 1.807) is 24.7 Å². The fraction of sp³-hybridized carbons (Fsp3) is 0.667. The molecular weight excluding hydrogens is 200 g/mol. The second kappa shape index (κ2) is 4.13. The molecule has 0 aliphatic carbocycles. The van der Waals surface area contributed by atoms with Crippen molar-refractivity contribution in [1.82, 2.24) is 9.78 Å². The minimum atomic E-state index is -2.95. The van der Waals surface area contributed by atoms with Gasteiger partial charge in [-0.05, 0) is 26.8 Å². The van der Waals surface area contributed by atoms with Crippen LogP contribution in [0.4, 0.5) is 0 Å². The van der Waals surface area contributed by atoms with E-state index in [4.69, 9.17) is 0 Å². The van der Waals surface area contributed by atoms with Gasteiger partial charge in [-0.25, -0.2) is 8.42 Å². The van der Waals surface area contributed by atoms with Crippen molar-refractivity contribution in [2.24, 2.45) is 0 Å². The molecule has 1 heterocycles. The van der Waals surface area contributed by atoms with Crippen molar-refractivity contribution in [3.63, 3.8) is 0 Å². The first kappa shape index (κ1) is 11.2. The summed E-state index contributed by atoms with van der Waals surface area (Å²) < 4.78 is 24.6. The van der Waals surface area contributed by atoms with E-state index in [9.17, 15) is 8.42 Å². The van der Waals surface area contributed by atoms with Crippen molar-refractivity contribution >= 4 is 9.84 Å². The minimum absolute atomic E-state index is 0.159. The van der Waals surface area contributed by atoms with Crippen molar-refractivity contribution in [2.75, 3.05) is 5.75 Å². The van der Waals surface area contributed by atoms with Crippen molar-refractivity contribution in [3.8, 4) is 0 Å². The molecule has 1 rings (SSSR count). The van der Waals surface area contributed by atoms with E-state index < -0.39 is 9.84 Å². The van der Waals surface area contributed by atoms with Crippen LogP contribution >= 0.6 is 0 Å². The molecule has 0 aliphatic heterocycles. The van der Waals surface area contributed by atoms with Gasteiger partial charge in [-0.1, -0.05) is 0 Å². The van der Waals surface area contributed by atoms with Crippen LogP contribution in [-0.4, -0.2) is 29.2 Å². The molecule has 0 aromatic carbocycles. The molecule has 0 radical (unpaired) electrons. The third kappa shape index (κ3) is 2.83. The zero-order valence-electron chi connectivity index (χ0n) is 8.77. The number of aromatic nitrogens is 2. The second-order valence-corrected chi connectivity index (χ2v) is 6.31. The highest BCUT2D eigenvalue weighted by Crippen LogP contribution is 2.02. The summed E-state index contributed by atoms with van der Waals surface area (Å²) in [4.78, 5) is 0. The minimum Gasteiger partial charge on any atom is -0.271 e. The number of sulfone groups is 1. The van der Waals surface area contributed by atoms with Crippen LogP contribution in [-0.2, 0) is 16.4 Å². The lowest BCUT2D eigenvalue weighted by molar-refractivity contribution is 0.572. The number of hydrogen-bond acceptors (Lipinski definition) is 3. The van der Waals surface area contributed by atoms with Crippen LogP contribution < -0.4 is 0 Å². The summed E-state index contributed by atoms with van der Waals surface area (Å²) >= 11 is 0. The van der Waals surface area contributed by atoms with Gasteiger partial charge in [0, 0.05) is 6.20 Å². The Morgan fingerprint density at radius 3 is 2.57 bits per heavy atom. The Bertz CT molecular complexity index is 393. The van der Waals surface area contributed by atoms with Gasteiger partial charge in [0.25, 0.3) is 0 Å². The summed E-state index contributed by atoms with van der Waals surface area (Å²) in [6.07, 6.45) is 1.80. The molecule has 0 bridgehead atoms. The molecule has 80 valence electrons. The third-order valence-electron chi connectivity index (χ3n) is 2.10. The van der Waals surface area contributed by atoms with E-state index in [2.05, 4.69) is 5.10 Å². The van der Waals surface area contributed by atoms with Gasteiger partial charge in [-0.3, -0.25) is 4.68 Å². The Balaban J connectivity index is 2.57. The molecular formula is C9H16N2O2S. The van der Waals surface area contributed by atoms with Crippen molar-refractivity contribution < 1.29 is 8.42 Å². The second-order valence-electron chi connectivity index (χ2n) is 3.64. The molecule has 0 fully saturated rings. The first-order valence-corrected chi connectivity index (χ1v) is 6.35. The number of aryl methyl sites for hydroxylation is 2. The Labute approximate surface area is 84.9 Å². The van der Waals surface area contributed by atoms with Gasteiger partial charge in [0.15, 0.2) is 9.84 Å². The monoisotopic (exact) mass is 216 g/mol. The Hall–Kier alpha value is -0.840. The quantitative estimate of drug-likeness (QED) is 0.755. The highest BCUT2D eigenvalue weighted by atomic mass is 32.2. The van der Waals surface area contributed by atoms with Crippen LogP contribution in [0.15, 0.2) is 12.3 Å². The molecule has 0 atom stereocenters. The van der Waals surface area contributed by atoms with Gasteiger partial charge < -0.3 is 0 Å². The fourth-order valence-electron chi connectivity index (χ4n) is 1.04. The van der Waals surface area contributed by atoms with Crippen LogP contribution in [0.3, 0.4) is 0 Å². The molecule has 0 aliphatic rings. The topological polar surface area (TPSA) is 52.0 Å². The number of hydrogen-bond donors (Lipinski definition) is 0. The first-order valence-electron chi connectivity index (χ1n) is 4.63. The van der Waals surface area contributed by atoms with E-state index >= 15 is 0 Å². The molecule has 5 heteroatoms. The molecule has 0 N–H and O–H groups in total. The van der Waals surface area contributed by atoms with Crippen molar-refractivity contribution in [2.45, 2.75) is 32.6 Å². The van der Waals surface area contributed by atoms with Gasteiger partial charge >= 0.3 is 0 Å². The Morgan fingerprint density at radius 2 is 2.14 bits per heavy atom.